The summed E-state index contributed by atoms with van der Waals surface area (Å²) in [6.45, 7) is 5.71. The van der Waals surface area contributed by atoms with Crippen molar-refractivity contribution < 1.29 is 0 Å². The van der Waals surface area contributed by atoms with Crippen LogP contribution in [0.25, 0.3) is 0 Å². The minimum atomic E-state index is 0.382. The van der Waals surface area contributed by atoms with E-state index in [-0.39, 0.29) is 0 Å². The first-order valence-electron chi connectivity index (χ1n) is 5.93. The Hall–Kier alpha value is -0.570. The first-order valence-corrected chi connectivity index (χ1v) is 6.73. The first kappa shape index (κ1) is 11.9. The molecule has 0 aromatic carbocycles. The lowest BCUT2D eigenvalue weighted by Crippen LogP contribution is -2.35. The number of hydrogen-bond acceptors (Lipinski definition) is 2. The van der Waals surface area contributed by atoms with Gasteiger partial charge in [-0.3, -0.25) is 0 Å². The summed E-state index contributed by atoms with van der Waals surface area (Å²) in [6.07, 6.45) is 6.02. The summed E-state index contributed by atoms with van der Waals surface area (Å²) < 4.78 is 1.02. The van der Waals surface area contributed by atoms with Crippen LogP contribution in [0.2, 0.25) is 0 Å². The van der Waals surface area contributed by atoms with Gasteiger partial charge in [-0.15, -0.1) is 0 Å². The zero-order valence-corrected chi connectivity index (χ0v) is 11.5. The molecule has 1 fully saturated rings. The van der Waals surface area contributed by atoms with E-state index in [1.165, 1.54) is 19.3 Å². The van der Waals surface area contributed by atoms with Crippen LogP contribution in [0.15, 0.2) is 22.8 Å². The van der Waals surface area contributed by atoms with Crippen molar-refractivity contribution in [1.82, 2.24) is 4.98 Å². The molecule has 0 atom stereocenters. The lowest BCUT2D eigenvalue weighted by Gasteiger charge is -2.40. The molecule has 0 radical (unpaired) electrons. The van der Waals surface area contributed by atoms with Gasteiger partial charge in [0.15, 0.2) is 0 Å². The van der Waals surface area contributed by atoms with Gasteiger partial charge in [-0.2, -0.15) is 0 Å². The highest BCUT2D eigenvalue weighted by Gasteiger charge is 2.33. The largest absolute Gasteiger partial charge is 0.370 e. The third-order valence-electron chi connectivity index (χ3n) is 3.66. The van der Waals surface area contributed by atoms with E-state index >= 15 is 0 Å². The topological polar surface area (TPSA) is 24.9 Å². The van der Waals surface area contributed by atoms with E-state index in [1.807, 2.05) is 18.3 Å². The van der Waals surface area contributed by atoms with Crippen LogP contribution in [-0.4, -0.2) is 11.5 Å². The molecule has 0 spiro atoms. The second-order valence-corrected chi connectivity index (χ2v) is 6.25. The van der Waals surface area contributed by atoms with Crippen molar-refractivity contribution in [1.29, 1.82) is 0 Å². The van der Waals surface area contributed by atoms with Crippen molar-refractivity contribution >= 4 is 21.7 Å². The summed E-state index contributed by atoms with van der Waals surface area (Å²) in [4.78, 5) is 4.33. The molecule has 1 aliphatic rings. The predicted molar refractivity (Wildman–Crippen MR) is 71.5 cm³/mol. The number of aromatic nitrogens is 1. The van der Waals surface area contributed by atoms with Gasteiger partial charge < -0.3 is 5.32 Å². The minimum Gasteiger partial charge on any atom is -0.370 e. The van der Waals surface area contributed by atoms with Gasteiger partial charge >= 0.3 is 0 Å². The van der Waals surface area contributed by atoms with Gasteiger partial charge in [0.2, 0.25) is 0 Å². The first-order chi connectivity index (χ1) is 7.58. The van der Waals surface area contributed by atoms with E-state index in [2.05, 4.69) is 40.1 Å². The van der Waals surface area contributed by atoms with Crippen molar-refractivity contribution in [2.24, 2.45) is 11.3 Å². The van der Waals surface area contributed by atoms with Crippen LogP contribution in [-0.2, 0) is 0 Å². The van der Waals surface area contributed by atoms with Gasteiger partial charge in [0.1, 0.15) is 5.82 Å². The molecule has 88 valence electrons. The molecule has 3 heteroatoms. The molecular formula is C13H19BrN2. The van der Waals surface area contributed by atoms with Gasteiger partial charge in [0.25, 0.3) is 0 Å². The van der Waals surface area contributed by atoms with E-state index in [0.29, 0.717) is 5.41 Å². The monoisotopic (exact) mass is 282 g/mol. The number of pyridine rings is 1. The Morgan fingerprint density at radius 3 is 2.69 bits per heavy atom. The molecule has 1 saturated carbocycles. The minimum absolute atomic E-state index is 0.382. The zero-order chi connectivity index (χ0) is 11.6. The molecule has 1 aromatic rings. The van der Waals surface area contributed by atoms with Crippen molar-refractivity contribution in [3.8, 4) is 0 Å². The molecule has 0 bridgehead atoms. The van der Waals surface area contributed by atoms with Crippen LogP contribution in [0.4, 0.5) is 5.82 Å². The van der Waals surface area contributed by atoms with Crippen molar-refractivity contribution in [2.45, 2.75) is 33.1 Å². The Morgan fingerprint density at radius 1 is 1.44 bits per heavy atom. The number of anilines is 1. The van der Waals surface area contributed by atoms with Crippen molar-refractivity contribution in [3.05, 3.63) is 22.8 Å². The number of rotatable bonds is 4. The van der Waals surface area contributed by atoms with Crippen molar-refractivity contribution in [2.75, 3.05) is 11.9 Å². The van der Waals surface area contributed by atoms with Gasteiger partial charge in [-0.1, -0.05) is 20.3 Å². The fourth-order valence-corrected chi connectivity index (χ4v) is 2.37. The zero-order valence-electron chi connectivity index (χ0n) is 9.96. The number of halogens is 1. The maximum Gasteiger partial charge on any atom is 0.125 e. The summed E-state index contributed by atoms with van der Waals surface area (Å²) in [5, 5.41) is 3.43. The van der Waals surface area contributed by atoms with E-state index in [9.17, 15) is 0 Å². The standard InChI is InChI=1S/C13H19BrN2/c1-13(2,10-4-3-5-10)9-16-12-7-6-11(14)8-15-12/h6-8,10H,3-5,9H2,1-2H3,(H,15,16). The lowest BCUT2D eigenvalue weighted by molar-refractivity contribution is 0.134. The number of hydrogen-bond donors (Lipinski definition) is 1. The SMILES string of the molecule is CC(C)(CNc1ccc(Br)cn1)C1CCC1. The Balaban J connectivity index is 1.88. The second kappa shape index (κ2) is 4.74. The summed E-state index contributed by atoms with van der Waals surface area (Å²) in [7, 11) is 0. The average Bonchev–Trinajstić information content (AvgIpc) is 2.13. The number of nitrogens with zero attached hydrogens (tertiary/aromatic N) is 1. The van der Waals surface area contributed by atoms with Gasteiger partial charge in [0, 0.05) is 17.2 Å². The van der Waals surface area contributed by atoms with Crippen LogP contribution >= 0.6 is 15.9 Å². The summed E-state index contributed by atoms with van der Waals surface area (Å²) in [5.74, 6) is 1.85. The third kappa shape index (κ3) is 2.76. The van der Waals surface area contributed by atoms with E-state index in [0.717, 1.165) is 22.8 Å². The quantitative estimate of drug-likeness (QED) is 0.900. The van der Waals surface area contributed by atoms with Crippen molar-refractivity contribution in [3.63, 3.8) is 0 Å². The summed E-state index contributed by atoms with van der Waals surface area (Å²) >= 11 is 3.39. The fraction of sp³-hybridized carbons (Fsp3) is 0.615. The Labute approximate surface area is 106 Å². The molecule has 1 aromatic heterocycles. The van der Waals surface area contributed by atoms with E-state index in [4.69, 9.17) is 0 Å². The van der Waals surface area contributed by atoms with Gasteiger partial charge in [0.05, 0.1) is 0 Å². The summed E-state index contributed by atoms with van der Waals surface area (Å²) in [5.41, 5.74) is 0.382. The fourth-order valence-electron chi connectivity index (χ4n) is 2.13. The molecular weight excluding hydrogens is 264 g/mol. The molecule has 2 nitrogen and oxygen atoms in total. The Morgan fingerprint density at radius 2 is 2.19 bits per heavy atom. The highest BCUT2D eigenvalue weighted by atomic mass is 79.9. The van der Waals surface area contributed by atoms with Crippen LogP contribution in [0.5, 0.6) is 0 Å². The van der Waals surface area contributed by atoms with E-state index in [1.54, 1.807) is 0 Å². The Bertz CT molecular complexity index is 341. The molecule has 2 rings (SSSR count). The molecule has 1 aliphatic carbocycles. The average molecular weight is 283 g/mol. The molecule has 0 aliphatic heterocycles. The molecule has 16 heavy (non-hydrogen) atoms. The predicted octanol–water partition coefficient (Wildman–Crippen LogP) is 4.08. The molecule has 0 amide bonds. The van der Waals surface area contributed by atoms with Gasteiger partial charge in [-0.05, 0) is 52.2 Å². The second-order valence-electron chi connectivity index (χ2n) is 5.33. The number of nitrogens with one attached hydrogen (secondary N) is 1. The van der Waals surface area contributed by atoms with Crippen LogP contribution in [0.1, 0.15) is 33.1 Å². The van der Waals surface area contributed by atoms with Crippen LogP contribution < -0.4 is 5.32 Å². The van der Waals surface area contributed by atoms with Gasteiger partial charge in [-0.25, -0.2) is 4.98 Å². The maximum absolute atomic E-state index is 4.33. The Kier molecular flexibility index (Phi) is 3.53. The van der Waals surface area contributed by atoms with Crippen LogP contribution in [0, 0.1) is 11.3 Å². The summed E-state index contributed by atoms with van der Waals surface area (Å²) in [6, 6.07) is 4.03. The smallest absolute Gasteiger partial charge is 0.125 e. The molecule has 1 N–H and O–H groups in total. The lowest BCUT2D eigenvalue weighted by atomic mass is 9.67. The maximum atomic E-state index is 4.33. The molecule has 0 saturated heterocycles. The van der Waals surface area contributed by atoms with Crippen LogP contribution in [0.3, 0.4) is 0 Å². The molecule has 1 heterocycles. The highest BCUT2D eigenvalue weighted by Crippen LogP contribution is 2.41. The highest BCUT2D eigenvalue weighted by molar-refractivity contribution is 9.10. The van der Waals surface area contributed by atoms with E-state index < -0.39 is 0 Å². The normalized spacial score (nSPS) is 16.9. The third-order valence-corrected chi connectivity index (χ3v) is 4.13. The molecule has 0 unspecified atom stereocenters.